The number of benzene rings is 1. The first-order chi connectivity index (χ1) is 22.4. The largest absolute Gasteiger partial charge is 0.462 e. The molecule has 0 aromatic heterocycles. The lowest BCUT2D eigenvalue weighted by molar-refractivity contribution is -0.228. The molecule has 1 aromatic rings. The molecule has 11 heteroatoms. The lowest BCUT2D eigenvalue weighted by atomic mass is 9.48. The third kappa shape index (κ3) is 7.00. The molecule has 2 saturated carbocycles. The summed E-state index contributed by atoms with van der Waals surface area (Å²) in [5.74, 6) is -5.45. The molecule has 3 aliphatic carbocycles. The van der Waals surface area contributed by atoms with E-state index < -0.39 is 83.0 Å². The Bertz CT molecular complexity index is 1570. The van der Waals surface area contributed by atoms with E-state index in [0.717, 1.165) is 5.56 Å². The first kappa shape index (κ1) is 36.3. The van der Waals surface area contributed by atoms with E-state index in [9.17, 15) is 28.8 Å². The molecule has 0 radical (unpaired) electrons. The number of ether oxygens (including phenoxy) is 5. The maximum absolute atomic E-state index is 13.7. The van der Waals surface area contributed by atoms with Gasteiger partial charge in [0, 0.05) is 58.4 Å². The third-order valence-corrected chi connectivity index (χ3v) is 10.0. The van der Waals surface area contributed by atoms with Crippen LogP contribution in [0.15, 0.2) is 59.7 Å². The van der Waals surface area contributed by atoms with Crippen molar-refractivity contribution in [1.82, 2.24) is 0 Å². The van der Waals surface area contributed by atoms with Crippen LogP contribution in [0.2, 0.25) is 0 Å². The highest BCUT2D eigenvalue weighted by Crippen LogP contribution is 2.61. The van der Waals surface area contributed by atoms with E-state index in [1.54, 1.807) is 19.9 Å². The summed E-state index contributed by atoms with van der Waals surface area (Å²) >= 11 is 0. The first-order valence-corrected chi connectivity index (χ1v) is 15.9. The summed E-state index contributed by atoms with van der Waals surface area (Å²) < 4.78 is 30.0. The minimum Gasteiger partial charge on any atom is -0.462 e. The number of carbonyl (C=O) groups excluding carboxylic acids is 6. The molecule has 48 heavy (non-hydrogen) atoms. The van der Waals surface area contributed by atoms with Gasteiger partial charge in [-0.25, -0.2) is 4.79 Å². The number of allylic oxidation sites excluding steroid dienone is 1. The predicted octanol–water partition coefficient (Wildman–Crippen LogP) is 4.87. The van der Waals surface area contributed by atoms with Gasteiger partial charge in [-0.2, -0.15) is 0 Å². The molecule has 0 saturated heterocycles. The second kappa shape index (κ2) is 13.9. The first-order valence-electron chi connectivity index (χ1n) is 15.9. The van der Waals surface area contributed by atoms with Crippen LogP contribution in [0.1, 0.15) is 73.8 Å². The lowest BCUT2D eigenvalue weighted by Gasteiger charge is -2.60. The Kier molecular flexibility index (Phi) is 10.5. The number of Topliss-reactive ketones (excluding diaryl/α,β-unsaturated/α-hetero) is 1. The summed E-state index contributed by atoms with van der Waals surface area (Å²) in [4.78, 5) is 78.0. The minimum absolute atomic E-state index is 0.0341. The zero-order chi connectivity index (χ0) is 35.7. The van der Waals surface area contributed by atoms with Crippen LogP contribution >= 0.6 is 0 Å². The quantitative estimate of drug-likeness (QED) is 0.170. The Morgan fingerprint density at radius 3 is 1.98 bits per heavy atom. The molecule has 258 valence electrons. The zero-order valence-corrected chi connectivity index (χ0v) is 28.7. The van der Waals surface area contributed by atoms with Crippen molar-refractivity contribution in [3.63, 3.8) is 0 Å². The van der Waals surface area contributed by atoms with Gasteiger partial charge < -0.3 is 23.7 Å². The van der Waals surface area contributed by atoms with Crippen LogP contribution in [0.3, 0.4) is 0 Å². The summed E-state index contributed by atoms with van der Waals surface area (Å²) in [5.41, 5.74) is -0.644. The standard InChI is InChI=1S/C37H44O11/c1-19-27(42)17-26-33(45-22(4)39)32-20(2)28(48-30(43)16-15-25-13-11-10-12-14-25)18-29(44-21(3)38)37(32,9)35(47-24(6)41)34(46-23(5)40)31(19)36(26,7)8/h10-16,26,28-29,32-35H,2,17-18H2,1,3-9H3/b16-15+/t26-,28+,29+,32+,33-,34-,35+,37-/m1/s1. The second-order valence-electron chi connectivity index (χ2n) is 13.6. The van der Waals surface area contributed by atoms with Crippen molar-refractivity contribution in [1.29, 1.82) is 0 Å². The van der Waals surface area contributed by atoms with Crippen LogP contribution in [-0.4, -0.2) is 66.1 Å². The SMILES string of the molecule is C=C1[C@@H](OC(=O)/C=C/c2ccccc2)C[C@H](OC(C)=O)[C@@]2(C)[C@@H](OC(C)=O)[C@H](OC(C)=O)C3=C(C)C(=O)C[C@H]([C@@H](OC(C)=O)[C@H]12)C3(C)C. The smallest absolute Gasteiger partial charge is 0.331 e. The molecule has 0 amide bonds. The summed E-state index contributed by atoms with van der Waals surface area (Å²) in [6.07, 6.45) is -3.23. The fourth-order valence-electron chi connectivity index (χ4n) is 8.00. The van der Waals surface area contributed by atoms with Gasteiger partial charge in [0.05, 0.1) is 5.41 Å². The monoisotopic (exact) mass is 664 g/mol. The van der Waals surface area contributed by atoms with Gasteiger partial charge in [0.25, 0.3) is 0 Å². The second-order valence-corrected chi connectivity index (χ2v) is 13.6. The van der Waals surface area contributed by atoms with Gasteiger partial charge in [-0.05, 0) is 40.7 Å². The van der Waals surface area contributed by atoms with E-state index in [2.05, 4.69) is 6.58 Å². The predicted molar refractivity (Wildman–Crippen MR) is 173 cm³/mol. The molecule has 0 spiro atoms. The molecule has 4 rings (SSSR count). The number of rotatable bonds is 7. The Morgan fingerprint density at radius 2 is 1.42 bits per heavy atom. The fourth-order valence-corrected chi connectivity index (χ4v) is 8.00. The molecule has 2 bridgehead atoms. The average molecular weight is 665 g/mol. The molecule has 0 heterocycles. The normalized spacial score (nSPS) is 31.1. The van der Waals surface area contributed by atoms with Crippen LogP contribution in [0.25, 0.3) is 6.08 Å². The molecule has 11 nitrogen and oxygen atoms in total. The van der Waals surface area contributed by atoms with E-state index in [1.165, 1.54) is 33.8 Å². The van der Waals surface area contributed by atoms with Gasteiger partial charge in [0.1, 0.15) is 18.3 Å². The molecule has 3 aliphatic rings. The average Bonchev–Trinajstić information content (AvgIpc) is 2.97. The van der Waals surface area contributed by atoms with E-state index in [0.29, 0.717) is 16.7 Å². The van der Waals surface area contributed by atoms with Crippen LogP contribution < -0.4 is 0 Å². The van der Waals surface area contributed by atoms with Gasteiger partial charge in [-0.3, -0.25) is 24.0 Å². The van der Waals surface area contributed by atoms with Crippen LogP contribution in [0.5, 0.6) is 0 Å². The highest BCUT2D eigenvalue weighted by atomic mass is 16.6. The van der Waals surface area contributed by atoms with Crippen molar-refractivity contribution in [3.8, 4) is 0 Å². The van der Waals surface area contributed by atoms with Gasteiger partial charge >= 0.3 is 29.8 Å². The number of fused-ring (bicyclic) bond motifs is 3. The molecule has 8 atom stereocenters. The topological polar surface area (TPSA) is 149 Å². The number of carbonyl (C=O) groups is 6. The number of ketones is 1. The zero-order valence-electron chi connectivity index (χ0n) is 28.7. The van der Waals surface area contributed by atoms with Gasteiger partial charge in [0.15, 0.2) is 18.0 Å². The lowest BCUT2D eigenvalue weighted by Crippen LogP contribution is -2.68. The van der Waals surface area contributed by atoms with E-state index in [-0.39, 0.29) is 18.6 Å². The maximum Gasteiger partial charge on any atom is 0.331 e. The minimum atomic E-state index is -1.49. The Balaban J connectivity index is 1.98. The van der Waals surface area contributed by atoms with Crippen molar-refractivity contribution in [2.24, 2.45) is 22.7 Å². The Labute approximate surface area is 280 Å². The molecular weight excluding hydrogens is 620 g/mol. The molecule has 0 unspecified atom stereocenters. The number of esters is 5. The van der Waals surface area contributed by atoms with E-state index in [1.807, 2.05) is 44.2 Å². The van der Waals surface area contributed by atoms with Gasteiger partial charge in [-0.1, -0.05) is 57.7 Å². The van der Waals surface area contributed by atoms with Crippen molar-refractivity contribution in [3.05, 3.63) is 65.3 Å². The highest BCUT2D eigenvalue weighted by molar-refractivity contribution is 5.97. The van der Waals surface area contributed by atoms with Gasteiger partial charge in [-0.15, -0.1) is 0 Å². The molecule has 0 aliphatic heterocycles. The van der Waals surface area contributed by atoms with Gasteiger partial charge in [0.2, 0.25) is 0 Å². The Morgan fingerprint density at radius 1 is 0.833 bits per heavy atom. The third-order valence-electron chi connectivity index (χ3n) is 10.0. The van der Waals surface area contributed by atoms with Crippen LogP contribution in [-0.2, 0) is 52.5 Å². The van der Waals surface area contributed by atoms with Crippen molar-refractivity contribution in [2.45, 2.75) is 98.8 Å². The summed E-state index contributed by atoms with van der Waals surface area (Å²) in [6.45, 7) is 16.2. The Hall–Kier alpha value is -4.54. The summed E-state index contributed by atoms with van der Waals surface area (Å²) in [6, 6.07) is 9.12. The van der Waals surface area contributed by atoms with E-state index in [4.69, 9.17) is 23.7 Å². The molecule has 0 N–H and O–H groups in total. The molecular formula is C37H44O11. The summed E-state index contributed by atoms with van der Waals surface area (Å²) in [7, 11) is 0. The summed E-state index contributed by atoms with van der Waals surface area (Å²) in [5, 5.41) is 0. The maximum atomic E-state index is 13.7. The van der Waals surface area contributed by atoms with Crippen molar-refractivity contribution in [2.75, 3.05) is 0 Å². The van der Waals surface area contributed by atoms with Crippen LogP contribution in [0, 0.1) is 22.7 Å². The van der Waals surface area contributed by atoms with Crippen molar-refractivity contribution < 1.29 is 52.5 Å². The molecule has 2 fully saturated rings. The van der Waals surface area contributed by atoms with Crippen molar-refractivity contribution >= 4 is 41.7 Å². The molecule has 1 aromatic carbocycles. The number of hydrogen-bond donors (Lipinski definition) is 0. The number of hydrogen-bond acceptors (Lipinski definition) is 11. The fraction of sp³-hybridized carbons (Fsp3) is 0.514. The van der Waals surface area contributed by atoms with Crippen LogP contribution in [0.4, 0.5) is 0 Å². The van der Waals surface area contributed by atoms with E-state index >= 15 is 0 Å². The highest BCUT2D eigenvalue weighted by Gasteiger charge is 2.68.